The summed E-state index contributed by atoms with van der Waals surface area (Å²) in [6, 6.07) is -0.0114. The van der Waals surface area contributed by atoms with E-state index in [9.17, 15) is 4.79 Å². The van der Waals surface area contributed by atoms with Crippen LogP contribution in [0.5, 0.6) is 0 Å². The quantitative estimate of drug-likeness (QED) is 0.858. The summed E-state index contributed by atoms with van der Waals surface area (Å²) in [6.45, 7) is 6.37. The fraction of sp³-hybridized carbons (Fsp3) is 0.533. The van der Waals surface area contributed by atoms with E-state index in [0.717, 1.165) is 30.8 Å². The SMILES string of the molecule is Cc1cncc([C@@H]2CCCN2C(=O)C(C)(C)n2cncn2)n1. The van der Waals surface area contributed by atoms with Gasteiger partial charge in [-0.2, -0.15) is 5.10 Å². The van der Waals surface area contributed by atoms with E-state index < -0.39 is 5.54 Å². The van der Waals surface area contributed by atoms with Crippen LogP contribution in [-0.4, -0.2) is 42.1 Å². The summed E-state index contributed by atoms with van der Waals surface area (Å²) >= 11 is 0. The predicted octanol–water partition coefficient (Wildman–Crippen LogP) is 1.48. The van der Waals surface area contributed by atoms with Crippen LogP contribution in [0, 0.1) is 6.92 Å². The van der Waals surface area contributed by atoms with Gasteiger partial charge in [-0.15, -0.1) is 0 Å². The van der Waals surface area contributed by atoms with Gasteiger partial charge >= 0.3 is 0 Å². The molecule has 116 valence electrons. The molecule has 7 heteroatoms. The fourth-order valence-electron chi connectivity index (χ4n) is 2.91. The van der Waals surface area contributed by atoms with Crippen LogP contribution in [0.25, 0.3) is 0 Å². The lowest BCUT2D eigenvalue weighted by molar-refractivity contribution is -0.140. The first-order chi connectivity index (χ1) is 10.5. The Bertz CT molecular complexity index is 666. The van der Waals surface area contributed by atoms with Gasteiger partial charge in [-0.3, -0.25) is 14.8 Å². The number of aryl methyl sites for hydroxylation is 1. The first-order valence-electron chi connectivity index (χ1n) is 7.45. The van der Waals surface area contributed by atoms with Gasteiger partial charge in [0.15, 0.2) is 0 Å². The van der Waals surface area contributed by atoms with Crippen molar-refractivity contribution in [2.45, 2.75) is 45.2 Å². The van der Waals surface area contributed by atoms with E-state index in [1.807, 2.05) is 25.7 Å². The second-order valence-corrected chi connectivity index (χ2v) is 6.14. The number of likely N-dealkylation sites (tertiary alicyclic amines) is 1. The van der Waals surface area contributed by atoms with Crippen molar-refractivity contribution in [3.05, 3.63) is 36.4 Å². The van der Waals surface area contributed by atoms with Crippen molar-refractivity contribution in [3.63, 3.8) is 0 Å². The predicted molar refractivity (Wildman–Crippen MR) is 79.8 cm³/mol. The summed E-state index contributed by atoms with van der Waals surface area (Å²) in [5.74, 6) is 0.0313. The van der Waals surface area contributed by atoms with Crippen LogP contribution in [0.4, 0.5) is 0 Å². The fourth-order valence-corrected chi connectivity index (χ4v) is 2.91. The molecule has 0 N–H and O–H groups in total. The van der Waals surface area contributed by atoms with E-state index in [-0.39, 0.29) is 11.9 Å². The third kappa shape index (κ3) is 2.47. The zero-order chi connectivity index (χ0) is 15.7. The van der Waals surface area contributed by atoms with Gasteiger partial charge in [-0.05, 0) is 33.6 Å². The van der Waals surface area contributed by atoms with Gasteiger partial charge in [0.1, 0.15) is 18.2 Å². The second-order valence-electron chi connectivity index (χ2n) is 6.14. The standard InChI is InChI=1S/C15H20N6O/c1-11-7-16-8-12(19-11)13-5-4-6-20(13)14(22)15(2,3)21-10-17-9-18-21/h7-10,13H,4-6H2,1-3H3/t13-/m0/s1. The Kier molecular flexibility index (Phi) is 3.64. The molecule has 0 spiro atoms. The summed E-state index contributed by atoms with van der Waals surface area (Å²) in [6.07, 6.45) is 8.39. The van der Waals surface area contributed by atoms with E-state index in [1.165, 1.54) is 6.33 Å². The summed E-state index contributed by atoms with van der Waals surface area (Å²) in [5, 5.41) is 4.12. The number of carbonyl (C=O) groups is 1. The smallest absolute Gasteiger partial charge is 0.250 e. The zero-order valence-corrected chi connectivity index (χ0v) is 13.1. The van der Waals surface area contributed by atoms with E-state index in [2.05, 4.69) is 20.1 Å². The van der Waals surface area contributed by atoms with Crippen molar-refractivity contribution in [3.8, 4) is 0 Å². The lowest BCUT2D eigenvalue weighted by Crippen LogP contribution is -2.47. The Morgan fingerprint density at radius 2 is 2.14 bits per heavy atom. The number of carbonyl (C=O) groups excluding carboxylic acids is 1. The first kappa shape index (κ1) is 14.6. The Balaban J connectivity index is 1.88. The van der Waals surface area contributed by atoms with Gasteiger partial charge in [0.25, 0.3) is 5.91 Å². The molecule has 7 nitrogen and oxygen atoms in total. The Morgan fingerprint density at radius 1 is 1.32 bits per heavy atom. The lowest BCUT2D eigenvalue weighted by atomic mass is 10.0. The van der Waals surface area contributed by atoms with Crippen molar-refractivity contribution in [1.82, 2.24) is 29.6 Å². The molecule has 1 amide bonds. The minimum atomic E-state index is -0.768. The van der Waals surface area contributed by atoms with Crippen molar-refractivity contribution in [2.24, 2.45) is 0 Å². The van der Waals surface area contributed by atoms with Crippen molar-refractivity contribution in [2.75, 3.05) is 6.54 Å². The van der Waals surface area contributed by atoms with Crippen LogP contribution >= 0.6 is 0 Å². The highest BCUT2D eigenvalue weighted by atomic mass is 16.2. The topological polar surface area (TPSA) is 76.8 Å². The highest BCUT2D eigenvalue weighted by Crippen LogP contribution is 2.33. The molecular formula is C15H20N6O. The third-order valence-electron chi connectivity index (χ3n) is 4.14. The maximum atomic E-state index is 13.0. The van der Waals surface area contributed by atoms with E-state index in [1.54, 1.807) is 23.4 Å². The Labute approximate surface area is 129 Å². The molecule has 0 saturated carbocycles. The minimum absolute atomic E-state index is 0.0114. The highest BCUT2D eigenvalue weighted by Gasteiger charge is 2.40. The van der Waals surface area contributed by atoms with E-state index in [4.69, 9.17) is 0 Å². The normalized spacial score (nSPS) is 18.7. The molecule has 22 heavy (non-hydrogen) atoms. The van der Waals surface area contributed by atoms with Crippen LogP contribution in [0.15, 0.2) is 25.0 Å². The van der Waals surface area contributed by atoms with Gasteiger partial charge in [0, 0.05) is 12.7 Å². The number of nitrogens with zero attached hydrogens (tertiary/aromatic N) is 6. The molecule has 0 unspecified atom stereocenters. The average molecular weight is 300 g/mol. The molecule has 0 bridgehead atoms. The molecule has 3 rings (SSSR count). The zero-order valence-electron chi connectivity index (χ0n) is 13.1. The molecular weight excluding hydrogens is 280 g/mol. The molecule has 0 aliphatic carbocycles. The Morgan fingerprint density at radius 3 is 2.82 bits per heavy atom. The monoisotopic (exact) mass is 300 g/mol. The molecule has 2 aromatic heterocycles. The number of hydrogen-bond acceptors (Lipinski definition) is 5. The Hall–Kier alpha value is -2.31. The van der Waals surface area contributed by atoms with Crippen LogP contribution in [0.2, 0.25) is 0 Å². The summed E-state index contributed by atoms with van der Waals surface area (Å²) < 4.78 is 1.60. The third-order valence-corrected chi connectivity index (χ3v) is 4.14. The van der Waals surface area contributed by atoms with Crippen LogP contribution in [-0.2, 0) is 10.3 Å². The van der Waals surface area contributed by atoms with Crippen molar-refractivity contribution in [1.29, 1.82) is 0 Å². The molecule has 1 aliphatic rings. The molecule has 1 atom stereocenters. The van der Waals surface area contributed by atoms with Gasteiger partial charge < -0.3 is 4.90 Å². The molecule has 0 aromatic carbocycles. The highest BCUT2D eigenvalue weighted by molar-refractivity contribution is 5.84. The summed E-state index contributed by atoms with van der Waals surface area (Å²) in [5.41, 5.74) is 0.962. The summed E-state index contributed by atoms with van der Waals surface area (Å²) in [7, 11) is 0. The van der Waals surface area contributed by atoms with Gasteiger partial charge in [0.2, 0.25) is 0 Å². The number of aromatic nitrogens is 5. The van der Waals surface area contributed by atoms with E-state index >= 15 is 0 Å². The largest absolute Gasteiger partial charge is 0.332 e. The second kappa shape index (κ2) is 5.47. The average Bonchev–Trinajstić information content (AvgIpc) is 3.18. The van der Waals surface area contributed by atoms with Crippen LogP contribution in [0.3, 0.4) is 0 Å². The maximum absolute atomic E-state index is 13.0. The molecule has 0 radical (unpaired) electrons. The molecule has 2 aromatic rings. The van der Waals surface area contributed by atoms with Crippen molar-refractivity contribution >= 4 is 5.91 Å². The van der Waals surface area contributed by atoms with Gasteiger partial charge in [-0.25, -0.2) is 9.67 Å². The maximum Gasteiger partial charge on any atom is 0.250 e. The summed E-state index contributed by atoms with van der Waals surface area (Å²) in [4.78, 5) is 27.6. The number of amides is 1. The van der Waals surface area contributed by atoms with Crippen LogP contribution in [0.1, 0.15) is 44.1 Å². The first-order valence-corrected chi connectivity index (χ1v) is 7.45. The molecule has 1 aliphatic heterocycles. The van der Waals surface area contributed by atoms with Crippen molar-refractivity contribution < 1.29 is 4.79 Å². The molecule has 3 heterocycles. The molecule has 1 fully saturated rings. The minimum Gasteiger partial charge on any atom is -0.332 e. The lowest BCUT2D eigenvalue weighted by Gasteiger charge is -2.32. The number of hydrogen-bond donors (Lipinski definition) is 0. The number of rotatable bonds is 3. The van der Waals surface area contributed by atoms with Gasteiger partial charge in [-0.1, -0.05) is 0 Å². The molecule has 1 saturated heterocycles. The van der Waals surface area contributed by atoms with E-state index in [0.29, 0.717) is 0 Å². The van der Waals surface area contributed by atoms with Crippen LogP contribution < -0.4 is 0 Å². The van der Waals surface area contributed by atoms with Gasteiger partial charge in [0.05, 0.1) is 23.6 Å².